The van der Waals surface area contributed by atoms with E-state index in [9.17, 15) is 18.0 Å². The Balaban J connectivity index is 0.00000576. The van der Waals surface area contributed by atoms with Gasteiger partial charge in [-0.15, -0.1) is 25.6 Å². The molecule has 0 radical (unpaired) electrons. The van der Waals surface area contributed by atoms with Crippen molar-refractivity contribution in [3.05, 3.63) is 29.8 Å². The lowest BCUT2D eigenvalue weighted by atomic mass is 10.0. The van der Waals surface area contributed by atoms with Crippen molar-refractivity contribution in [2.24, 2.45) is 11.7 Å². The number of nitrogens with two attached hydrogens (primary N) is 1. The second-order valence-corrected chi connectivity index (χ2v) is 6.17. The molecule has 0 saturated carbocycles. The second-order valence-electron chi connectivity index (χ2n) is 6.17. The number of rotatable bonds is 8. The molecule has 8 heteroatoms. The number of carbonyl (C=O) groups is 1. The Morgan fingerprint density at radius 1 is 1.28 bits per heavy atom. The van der Waals surface area contributed by atoms with Gasteiger partial charge in [0.2, 0.25) is 5.91 Å². The summed E-state index contributed by atoms with van der Waals surface area (Å²) >= 11 is 0. The molecule has 144 valence electrons. The minimum atomic E-state index is -4.75. The molecule has 25 heavy (non-hydrogen) atoms. The highest BCUT2D eigenvalue weighted by atomic mass is 35.5. The summed E-state index contributed by atoms with van der Waals surface area (Å²) < 4.78 is 41.1. The van der Waals surface area contributed by atoms with E-state index in [-0.39, 0.29) is 42.9 Å². The van der Waals surface area contributed by atoms with E-state index in [1.54, 1.807) is 18.0 Å². The van der Waals surface area contributed by atoms with Crippen LogP contribution in [0.2, 0.25) is 0 Å². The molecule has 1 rings (SSSR count). The van der Waals surface area contributed by atoms with Gasteiger partial charge in [-0.25, -0.2) is 0 Å². The van der Waals surface area contributed by atoms with Crippen molar-refractivity contribution in [3.8, 4) is 5.75 Å². The maximum atomic E-state index is 12.4. The first-order chi connectivity index (χ1) is 11.1. The maximum absolute atomic E-state index is 12.4. The summed E-state index contributed by atoms with van der Waals surface area (Å²) in [5.41, 5.74) is 6.30. The molecule has 1 atom stereocenters. The van der Waals surface area contributed by atoms with Crippen LogP contribution in [-0.4, -0.2) is 36.8 Å². The van der Waals surface area contributed by atoms with Crippen LogP contribution in [0.1, 0.15) is 32.3 Å². The SMILES string of the molecule is CC(C)C(N)CCN(C)C(=O)CCc1ccccc1OC(F)(F)F.Cl. The zero-order valence-corrected chi connectivity index (χ0v) is 15.5. The molecule has 1 aromatic carbocycles. The van der Waals surface area contributed by atoms with Crippen molar-refractivity contribution in [2.45, 2.75) is 45.5 Å². The molecule has 1 amide bonds. The zero-order valence-electron chi connectivity index (χ0n) is 14.7. The van der Waals surface area contributed by atoms with Crippen molar-refractivity contribution in [2.75, 3.05) is 13.6 Å². The van der Waals surface area contributed by atoms with Gasteiger partial charge in [0.1, 0.15) is 5.75 Å². The van der Waals surface area contributed by atoms with Gasteiger partial charge in [0.15, 0.2) is 0 Å². The van der Waals surface area contributed by atoms with E-state index in [1.807, 2.05) is 13.8 Å². The number of alkyl halides is 3. The third-order valence-electron chi connectivity index (χ3n) is 3.89. The quantitative estimate of drug-likeness (QED) is 0.744. The summed E-state index contributed by atoms with van der Waals surface area (Å²) in [4.78, 5) is 13.7. The number of ether oxygens (including phenoxy) is 1. The second kappa shape index (κ2) is 10.5. The molecule has 0 saturated heterocycles. The summed E-state index contributed by atoms with van der Waals surface area (Å²) in [5, 5.41) is 0. The zero-order chi connectivity index (χ0) is 18.3. The van der Waals surface area contributed by atoms with E-state index in [4.69, 9.17) is 5.73 Å². The smallest absolute Gasteiger partial charge is 0.406 e. The minimum absolute atomic E-state index is 0. The van der Waals surface area contributed by atoms with Crippen molar-refractivity contribution in [1.82, 2.24) is 4.90 Å². The maximum Gasteiger partial charge on any atom is 0.573 e. The highest BCUT2D eigenvalue weighted by Gasteiger charge is 2.32. The lowest BCUT2D eigenvalue weighted by Crippen LogP contribution is -2.34. The van der Waals surface area contributed by atoms with E-state index in [0.717, 1.165) is 0 Å². The third kappa shape index (κ3) is 8.97. The Hall–Kier alpha value is -1.47. The summed E-state index contributed by atoms with van der Waals surface area (Å²) in [6.45, 7) is 4.56. The Kier molecular flexibility index (Phi) is 9.89. The molecule has 0 aliphatic rings. The van der Waals surface area contributed by atoms with Gasteiger partial charge in [-0.05, 0) is 30.4 Å². The standard InChI is InChI=1S/C17H25F3N2O2.ClH/c1-12(2)14(21)10-11-22(3)16(23)9-8-13-6-4-5-7-15(13)24-17(18,19)20;/h4-7,12,14H,8-11,21H2,1-3H3;1H. The monoisotopic (exact) mass is 382 g/mol. The molecule has 2 N–H and O–H groups in total. The van der Waals surface area contributed by atoms with Gasteiger partial charge in [-0.2, -0.15) is 0 Å². The normalized spacial score (nSPS) is 12.5. The lowest BCUT2D eigenvalue weighted by molar-refractivity contribution is -0.274. The van der Waals surface area contributed by atoms with Crippen LogP contribution in [-0.2, 0) is 11.2 Å². The Morgan fingerprint density at radius 2 is 1.88 bits per heavy atom. The fourth-order valence-electron chi connectivity index (χ4n) is 2.17. The third-order valence-corrected chi connectivity index (χ3v) is 3.89. The molecule has 1 unspecified atom stereocenters. The molecule has 1 aromatic rings. The summed E-state index contributed by atoms with van der Waals surface area (Å²) in [7, 11) is 1.67. The van der Waals surface area contributed by atoms with Crippen LogP contribution in [0, 0.1) is 5.92 Å². The fraction of sp³-hybridized carbons (Fsp3) is 0.588. The molecule has 0 bridgehead atoms. The minimum Gasteiger partial charge on any atom is -0.406 e. The lowest BCUT2D eigenvalue weighted by Gasteiger charge is -2.22. The average Bonchev–Trinajstić information content (AvgIpc) is 2.49. The summed E-state index contributed by atoms with van der Waals surface area (Å²) in [6, 6.07) is 5.88. The summed E-state index contributed by atoms with van der Waals surface area (Å²) in [5.74, 6) is -0.0602. The first kappa shape index (κ1) is 23.5. The van der Waals surface area contributed by atoms with Crippen molar-refractivity contribution in [3.63, 3.8) is 0 Å². The Morgan fingerprint density at radius 3 is 2.44 bits per heavy atom. The molecule has 0 aromatic heterocycles. The van der Waals surface area contributed by atoms with Gasteiger partial charge >= 0.3 is 6.36 Å². The van der Waals surface area contributed by atoms with Gasteiger partial charge in [0, 0.05) is 26.1 Å². The molecule has 0 heterocycles. The number of aryl methyl sites for hydroxylation is 1. The molecule has 0 fully saturated rings. The number of carbonyl (C=O) groups excluding carboxylic acids is 1. The molecule has 0 aliphatic heterocycles. The molecule has 4 nitrogen and oxygen atoms in total. The molecule has 0 spiro atoms. The number of hydrogen-bond acceptors (Lipinski definition) is 3. The molecular weight excluding hydrogens is 357 g/mol. The number of benzene rings is 1. The average molecular weight is 383 g/mol. The van der Waals surface area contributed by atoms with Crippen LogP contribution in [0.3, 0.4) is 0 Å². The first-order valence-corrected chi connectivity index (χ1v) is 7.93. The largest absolute Gasteiger partial charge is 0.573 e. The van der Waals surface area contributed by atoms with Crippen LogP contribution in [0.25, 0.3) is 0 Å². The van der Waals surface area contributed by atoms with Gasteiger partial charge in [-0.1, -0.05) is 32.0 Å². The number of halogens is 4. The Bertz CT molecular complexity index is 539. The van der Waals surface area contributed by atoms with Gasteiger partial charge in [0.05, 0.1) is 0 Å². The van der Waals surface area contributed by atoms with Crippen LogP contribution in [0.15, 0.2) is 24.3 Å². The highest BCUT2D eigenvalue weighted by molar-refractivity contribution is 5.85. The van der Waals surface area contributed by atoms with Crippen molar-refractivity contribution >= 4 is 18.3 Å². The van der Waals surface area contributed by atoms with Crippen molar-refractivity contribution in [1.29, 1.82) is 0 Å². The van der Waals surface area contributed by atoms with E-state index in [0.29, 0.717) is 24.4 Å². The number of hydrogen-bond donors (Lipinski definition) is 1. The molecular formula is C17H26ClF3N2O2. The number of nitrogens with zero attached hydrogens (tertiary/aromatic N) is 1. The van der Waals surface area contributed by atoms with Crippen LogP contribution < -0.4 is 10.5 Å². The van der Waals surface area contributed by atoms with Gasteiger partial charge < -0.3 is 15.4 Å². The predicted octanol–water partition coefficient (Wildman–Crippen LogP) is 3.77. The van der Waals surface area contributed by atoms with Gasteiger partial charge in [-0.3, -0.25) is 4.79 Å². The van der Waals surface area contributed by atoms with E-state index >= 15 is 0 Å². The van der Waals surface area contributed by atoms with Gasteiger partial charge in [0.25, 0.3) is 0 Å². The Labute approximate surface area is 152 Å². The van der Waals surface area contributed by atoms with E-state index in [1.165, 1.54) is 18.2 Å². The highest BCUT2D eigenvalue weighted by Crippen LogP contribution is 2.27. The predicted molar refractivity (Wildman–Crippen MR) is 93.8 cm³/mol. The number of para-hydroxylation sites is 1. The van der Waals surface area contributed by atoms with E-state index < -0.39 is 6.36 Å². The van der Waals surface area contributed by atoms with Crippen LogP contribution in [0.4, 0.5) is 13.2 Å². The van der Waals surface area contributed by atoms with Crippen LogP contribution >= 0.6 is 12.4 Å². The number of amides is 1. The fourth-order valence-corrected chi connectivity index (χ4v) is 2.17. The molecule has 0 aliphatic carbocycles. The summed E-state index contributed by atoms with van der Waals surface area (Å²) in [6.07, 6.45) is -3.76. The van der Waals surface area contributed by atoms with Crippen molar-refractivity contribution < 1.29 is 22.7 Å². The topological polar surface area (TPSA) is 55.6 Å². The van der Waals surface area contributed by atoms with E-state index in [2.05, 4.69) is 4.74 Å². The first-order valence-electron chi connectivity index (χ1n) is 7.93. The van der Waals surface area contributed by atoms with Crippen LogP contribution in [0.5, 0.6) is 5.75 Å².